The van der Waals surface area contributed by atoms with Gasteiger partial charge < -0.3 is 4.74 Å². The smallest absolute Gasteiger partial charge is 0.240 e. The first kappa shape index (κ1) is 17.5. The van der Waals surface area contributed by atoms with Gasteiger partial charge in [-0.2, -0.15) is 0 Å². The van der Waals surface area contributed by atoms with Crippen LogP contribution in [-0.2, 0) is 16.4 Å². The van der Waals surface area contributed by atoms with Crippen LogP contribution in [0, 0.1) is 0 Å². The monoisotopic (exact) mass is 355 g/mol. The Morgan fingerprint density at radius 3 is 2.36 bits per heavy atom. The second kappa shape index (κ2) is 7.68. The van der Waals surface area contributed by atoms with Gasteiger partial charge in [0.2, 0.25) is 10.0 Å². The van der Waals surface area contributed by atoms with E-state index in [0.29, 0.717) is 19.6 Å². The minimum atomic E-state index is -3.51. The molecule has 0 radical (unpaired) electrons. The van der Waals surface area contributed by atoms with Crippen molar-refractivity contribution in [3.63, 3.8) is 0 Å². The van der Waals surface area contributed by atoms with E-state index in [1.807, 2.05) is 61.5 Å². The molecule has 0 spiro atoms. The maximum Gasteiger partial charge on any atom is 0.240 e. The first-order chi connectivity index (χ1) is 12.1. The maximum absolute atomic E-state index is 12.5. The molecule has 3 aromatic rings. The number of rotatable bonds is 7. The summed E-state index contributed by atoms with van der Waals surface area (Å²) in [5.41, 5.74) is 1.06. The van der Waals surface area contributed by atoms with Gasteiger partial charge in [0.25, 0.3) is 0 Å². The third kappa shape index (κ3) is 4.38. The predicted octanol–water partition coefficient (Wildman–Crippen LogP) is 3.76. The molecule has 5 heteroatoms. The average molecular weight is 355 g/mol. The zero-order valence-corrected chi connectivity index (χ0v) is 14.9. The lowest BCUT2D eigenvalue weighted by atomic mass is 10.1. The van der Waals surface area contributed by atoms with Crippen molar-refractivity contribution in [1.29, 1.82) is 0 Å². The van der Waals surface area contributed by atoms with Crippen LogP contribution in [0.25, 0.3) is 10.8 Å². The molecule has 0 aromatic heterocycles. The highest BCUT2D eigenvalue weighted by molar-refractivity contribution is 7.89. The van der Waals surface area contributed by atoms with E-state index in [0.717, 1.165) is 22.1 Å². The molecule has 3 aromatic carbocycles. The number of benzene rings is 3. The SMILES string of the molecule is CCOc1ccc(CCNS(=O)(=O)c2ccc3ccccc3c2)cc1. The minimum Gasteiger partial charge on any atom is -0.494 e. The summed E-state index contributed by atoms with van der Waals surface area (Å²) in [5, 5.41) is 1.94. The van der Waals surface area contributed by atoms with Crippen molar-refractivity contribution in [2.75, 3.05) is 13.2 Å². The second-order valence-electron chi connectivity index (χ2n) is 5.73. The van der Waals surface area contributed by atoms with Crippen LogP contribution in [-0.4, -0.2) is 21.6 Å². The van der Waals surface area contributed by atoms with E-state index in [1.165, 1.54) is 0 Å². The summed E-state index contributed by atoms with van der Waals surface area (Å²) in [4.78, 5) is 0.290. The van der Waals surface area contributed by atoms with Crippen molar-refractivity contribution in [1.82, 2.24) is 4.72 Å². The van der Waals surface area contributed by atoms with Gasteiger partial charge in [0.15, 0.2) is 0 Å². The highest BCUT2D eigenvalue weighted by Crippen LogP contribution is 2.19. The van der Waals surface area contributed by atoms with Crippen LogP contribution in [0.1, 0.15) is 12.5 Å². The molecule has 1 N–H and O–H groups in total. The predicted molar refractivity (Wildman–Crippen MR) is 100 cm³/mol. The topological polar surface area (TPSA) is 55.4 Å². The molecule has 0 atom stereocenters. The van der Waals surface area contributed by atoms with Gasteiger partial charge in [0.1, 0.15) is 5.75 Å². The Morgan fingerprint density at radius 2 is 1.64 bits per heavy atom. The van der Waals surface area contributed by atoms with Crippen molar-refractivity contribution in [3.8, 4) is 5.75 Å². The van der Waals surface area contributed by atoms with E-state index in [-0.39, 0.29) is 4.90 Å². The Kier molecular flexibility index (Phi) is 5.36. The van der Waals surface area contributed by atoms with Gasteiger partial charge in [-0.3, -0.25) is 0 Å². The van der Waals surface area contributed by atoms with Crippen molar-refractivity contribution in [2.45, 2.75) is 18.2 Å². The van der Waals surface area contributed by atoms with Gasteiger partial charge >= 0.3 is 0 Å². The third-order valence-electron chi connectivity index (χ3n) is 3.97. The summed E-state index contributed by atoms with van der Waals surface area (Å²) in [6.45, 7) is 2.92. The van der Waals surface area contributed by atoms with Gasteiger partial charge in [-0.25, -0.2) is 13.1 Å². The molecule has 4 nitrogen and oxygen atoms in total. The van der Waals surface area contributed by atoms with Gasteiger partial charge in [-0.1, -0.05) is 42.5 Å². The van der Waals surface area contributed by atoms with Crippen LogP contribution in [0.15, 0.2) is 71.6 Å². The fourth-order valence-electron chi connectivity index (χ4n) is 2.67. The largest absolute Gasteiger partial charge is 0.494 e. The highest BCUT2D eigenvalue weighted by atomic mass is 32.2. The summed E-state index contributed by atoms with van der Waals surface area (Å²) in [6, 6.07) is 20.6. The molecular weight excluding hydrogens is 334 g/mol. The molecule has 130 valence electrons. The number of nitrogens with one attached hydrogen (secondary N) is 1. The summed E-state index contributed by atoms with van der Waals surface area (Å²) in [7, 11) is -3.51. The molecule has 25 heavy (non-hydrogen) atoms. The first-order valence-corrected chi connectivity index (χ1v) is 9.77. The first-order valence-electron chi connectivity index (χ1n) is 8.29. The van der Waals surface area contributed by atoms with Crippen molar-refractivity contribution in [2.24, 2.45) is 0 Å². The molecule has 0 fully saturated rings. The molecule has 3 rings (SSSR count). The van der Waals surface area contributed by atoms with Crippen molar-refractivity contribution in [3.05, 3.63) is 72.3 Å². The molecule has 0 saturated carbocycles. The lowest BCUT2D eigenvalue weighted by molar-refractivity contribution is 0.340. The van der Waals surface area contributed by atoms with Crippen LogP contribution in [0.3, 0.4) is 0 Å². The zero-order chi connectivity index (χ0) is 17.7. The fourth-order valence-corrected chi connectivity index (χ4v) is 3.73. The fraction of sp³-hybridized carbons (Fsp3) is 0.200. The van der Waals surface area contributed by atoms with E-state index in [2.05, 4.69) is 4.72 Å². The summed E-state index contributed by atoms with van der Waals surface area (Å²) in [6.07, 6.45) is 0.624. The van der Waals surface area contributed by atoms with Gasteiger partial charge in [-0.15, -0.1) is 0 Å². The Hall–Kier alpha value is -2.37. The standard InChI is InChI=1S/C20H21NO3S/c1-2-24-19-10-7-16(8-11-19)13-14-21-25(22,23)20-12-9-17-5-3-4-6-18(17)15-20/h3-12,15,21H,2,13-14H2,1H3. The number of hydrogen-bond donors (Lipinski definition) is 1. The Bertz CT molecular complexity index is 950. The van der Waals surface area contributed by atoms with Crippen LogP contribution >= 0.6 is 0 Å². The number of ether oxygens (including phenoxy) is 1. The Labute approximate surface area is 148 Å². The van der Waals surface area contributed by atoms with E-state index >= 15 is 0 Å². The van der Waals surface area contributed by atoms with Crippen LogP contribution in [0.2, 0.25) is 0 Å². The van der Waals surface area contributed by atoms with E-state index in [9.17, 15) is 8.42 Å². The molecule has 0 unspecified atom stereocenters. The summed E-state index contributed by atoms with van der Waals surface area (Å²) < 4.78 is 33.0. The quantitative estimate of drug-likeness (QED) is 0.702. The van der Waals surface area contributed by atoms with E-state index in [4.69, 9.17) is 4.74 Å². The van der Waals surface area contributed by atoms with E-state index in [1.54, 1.807) is 12.1 Å². The average Bonchev–Trinajstić information content (AvgIpc) is 2.63. The Balaban J connectivity index is 1.64. The molecule has 0 heterocycles. The maximum atomic E-state index is 12.5. The van der Waals surface area contributed by atoms with Gasteiger partial charge in [0, 0.05) is 6.54 Å². The van der Waals surface area contributed by atoms with Crippen molar-refractivity contribution >= 4 is 20.8 Å². The van der Waals surface area contributed by atoms with Crippen LogP contribution in [0.5, 0.6) is 5.75 Å². The van der Waals surface area contributed by atoms with Gasteiger partial charge in [-0.05, 0) is 53.9 Å². The number of hydrogen-bond acceptors (Lipinski definition) is 3. The number of sulfonamides is 1. The molecule has 0 amide bonds. The third-order valence-corrected chi connectivity index (χ3v) is 5.43. The second-order valence-corrected chi connectivity index (χ2v) is 7.50. The lowest BCUT2D eigenvalue weighted by Gasteiger charge is -2.09. The van der Waals surface area contributed by atoms with Gasteiger partial charge in [0.05, 0.1) is 11.5 Å². The molecular formula is C20H21NO3S. The van der Waals surface area contributed by atoms with Crippen LogP contribution in [0.4, 0.5) is 0 Å². The zero-order valence-electron chi connectivity index (χ0n) is 14.1. The molecule has 0 bridgehead atoms. The summed E-state index contributed by atoms with van der Waals surface area (Å²) >= 11 is 0. The molecule has 0 aliphatic rings. The number of fused-ring (bicyclic) bond motifs is 1. The normalized spacial score (nSPS) is 11.6. The highest BCUT2D eigenvalue weighted by Gasteiger charge is 2.13. The molecule has 0 saturated heterocycles. The molecule has 0 aliphatic heterocycles. The van der Waals surface area contributed by atoms with Crippen LogP contribution < -0.4 is 9.46 Å². The van der Waals surface area contributed by atoms with Crippen molar-refractivity contribution < 1.29 is 13.2 Å². The Morgan fingerprint density at radius 1 is 0.920 bits per heavy atom. The lowest BCUT2D eigenvalue weighted by Crippen LogP contribution is -2.26. The summed E-state index contributed by atoms with van der Waals surface area (Å²) in [5.74, 6) is 0.822. The molecule has 0 aliphatic carbocycles. The van der Waals surface area contributed by atoms with E-state index < -0.39 is 10.0 Å². The minimum absolute atomic E-state index is 0.290.